The van der Waals surface area contributed by atoms with Gasteiger partial charge in [0.05, 0.1) is 0 Å². The molecule has 0 bridgehead atoms. The third-order valence-electron chi connectivity index (χ3n) is 4.90. The zero-order valence-electron chi connectivity index (χ0n) is 16.1. The maximum atomic E-state index is 12.6. The highest BCUT2D eigenvalue weighted by Crippen LogP contribution is 2.20. The average Bonchev–Trinajstić information content (AvgIpc) is 2.72. The minimum atomic E-state index is 0.202. The molecule has 0 spiro atoms. The monoisotopic (exact) mass is 357 g/mol. The van der Waals surface area contributed by atoms with Gasteiger partial charge in [-0.1, -0.05) is 84.9 Å². The first-order valence-corrected chi connectivity index (χ1v) is 9.60. The van der Waals surface area contributed by atoms with Gasteiger partial charge in [-0.05, 0) is 30.5 Å². The minimum absolute atomic E-state index is 0.202. The molecule has 3 aromatic carbocycles. The Hall–Kier alpha value is -2.71. The lowest BCUT2D eigenvalue weighted by Crippen LogP contribution is -2.32. The van der Waals surface area contributed by atoms with Crippen molar-refractivity contribution in [2.75, 3.05) is 6.54 Å². The summed E-state index contributed by atoms with van der Waals surface area (Å²) in [5, 5.41) is 0. The quantitative estimate of drug-likeness (QED) is 0.472. The Labute approximate surface area is 162 Å². The molecule has 3 aromatic rings. The van der Waals surface area contributed by atoms with E-state index in [2.05, 4.69) is 55.1 Å². The van der Waals surface area contributed by atoms with E-state index in [0.717, 1.165) is 24.2 Å². The van der Waals surface area contributed by atoms with E-state index in [1.165, 1.54) is 11.1 Å². The second-order valence-electron chi connectivity index (χ2n) is 7.17. The summed E-state index contributed by atoms with van der Waals surface area (Å²) in [6.45, 7) is 6.01. The van der Waals surface area contributed by atoms with Crippen LogP contribution in [0.5, 0.6) is 0 Å². The van der Waals surface area contributed by atoms with Crippen molar-refractivity contribution in [3.63, 3.8) is 0 Å². The van der Waals surface area contributed by atoms with Crippen LogP contribution in [0.2, 0.25) is 0 Å². The molecule has 0 saturated heterocycles. The molecule has 0 saturated carbocycles. The number of hydrogen-bond donors (Lipinski definition) is 0. The molecule has 0 heterocycles. The SMILES string of the molecule is CC(C)N(CCC(=O)c1ccc(-c2ccccc2)cc1)Cc1ccccc1. The van der Waals surface area contributed by atoms with Gasteiger partial charge in [0, 0.05) is 31.1 Å². The number of Topliss-reactive ketones (excluding diaryl/α,β-unsaturated/α-hetero) is 1. The number of carbonyl (C=O) groups is 1. The molecular weight excluding hydrogens is 330 g/mol. The van der Waals surface area contributed by atoms with Gasteiger partial charge in [0.1, 0.15) is 0 Å². The van der Waals surface area contributed by atoms with Gasteiger partial charge in [-0.15, -0.1) is 0 Å². The molecule has 0 fully saturated rings. The number of nitrogens with zero attached hydrogens (tertiary/aromatic N) is 1. The molecule has 0 N–H and O–H groups in total. The molecule has 2 heteroatoms. The fraction of sp³-hybridized carbons (Fsp3) is 0.240. The lowest BCUT2D eigenvalue weighted by Gasteiger charge is -2.26. The summed E-state index contributed by atoms with van der Waals surface area (Å²) in [7, 11) is 0. The molecule has 0 aliphatic rings. The normalized spacial score (nSPS) is 11.1. The van der Waals surface area contributed by atoms with E-state index in [1.54, 1.807) is 0 Å². The number of ketones is 1. The smallest absolute Gasteiger partial charge is 0.164 e. The lowest BCUT2D eigenvalue weighted by atomic mass is 10.0. The molecule has 3 rings (SSSR count). The Morgan fingerprint density at radius 1 is 0.778 bits per heavy atom. The molecule has 0 amide bonds. The summed E-state index contributed by atoms with van der Waals surface area (Å²) in [6.07, 6.45) is 0.537. The van der Waals surface area contributed by atoms with Gasteiger partial charge in [0.15, 0.2) is 5.78 Å². The van der Waals surface area contributed by atoms with Crippen LogP contribution in [0.25, 0.3) is 11.1 Å². The van der Waals surface area contributed by atoms with Crippen molar-refractivity contribution in [1.82, 2.24) is 4.90 Å². The maximum Gasteiger partial charge on any atom is 0.164 e. The number of rotatable bonds is 8. The molecule has 0 aliphatic carbocycles. The summed E-state index contributed by atoms with van der Waals surface area (Å²) in [5.74, 6) is 0.202. The van der Waals surface area contributed by atoms with Gasteiger partial charge in [-0.25, -0.2) is 0 Å². The summed E-state index contributed by atoms with van der Waals surface area (Å²) < 4.78 is 0. The average molecular weight is 357 g/mol. The summed E-state index contributed by atoms with van der Waals surface area (Å²) in [6, 6.07) is 29.0. The molecule has 0 aliphatic heterocycles. The van der Waals surface area contributed by atoms with Gasteiger partial charge in [0.25, 0.3) is 0 Å². The highest BCUT2D eigenvalue weighted by Gasteiger charge is 2.13. The molecule has 2 nitrogen and oxygen atoms in total. The Bertz CT molecular complexity index is 839. The van der Waals surface area contributed by atoms with Crippen molar-refractivity contribution >= 4 is 5.78 Å². The van der Waals surface area contributed by atoms with Crippen molar-refractivity contribution in [3.05, 3.63) is 96.1 Å². The zero-order valence-corrected chi connectivity index (χ0v) is 16.1. The van der Waals surface area contributed by atoms with Crippen molar-refractivity contribution in [3.8, 4) is 11.1 Å². The Kier molecular flexibility index (Phi) is 6.56. The van der Waals surface area contributed by atoms with E-state index < -0.39 is 0 Å². The number of hydrogen-bond acceptors (Lipinski definition) is 2. The predicted octanol–water partition coefficient (Wildman–Crippen LogP) is 5.84. The summed E-state index contributed by atoms with van der Waals surface area (Å²) in [4.78, 5) is 15.0. The van der Waals surface area contributed by atoms with E-state index in [0.29, 0.717) is 12.5 Å². The number of carbonyl (C=O) groups excluding carboxylic acids is 1. The largest absolute Gasteiger partial charge is 0.296 e. The summed E-state index contributed by atoms with van der Waals surface area (Å²) >= 11 is 0. The Balaban J connectivity index is 1.60. The lowest BCUT2D eigenvalue weighted by molar-refractivity contribution is 0.0952. The van der Waals surface area contributed by atoms with Crippen LogP contribution in [-0.2, 0) is 6.54 Å². The van der Waals surface area contributed by atoms with Crippen LogP contribution in [0.4, 0.5) is 0 Å². The zero-order chi connectivity index (χ0) is 19.1. The topological polar surface area (TPSA) is 20.3 Å². The van der Waals surface area contributed by atoms with Gasteiger partial charge in [0.2, 0.25) is 0 Å². The van der Waals surface area contributed by atoms with Crippen LogP contribution in [0.15, 0.2) is 84.9 Å². The Morgan fingerprint density at radius 2 is 1.33 bits per heavy atom. The van der Waals surface area contributed by atoms with E-state index >= 15 is 0 Å². The molecule has 0 atom stereocenters. The van der Waals surface area contributed by atoms with Crippen molar-refractivity contribution < 1.29 is 4.79 Å². The fourth-order valence-electron chi connectivity index (χ4n) is 3.21. The van der Waals surface area contributed by atoms with Crippen LogP contribution in [0.3, 0.4) is 0 Å². The first-order valence-electron chi connectivity index (χ1n) is 9.60. The molecular formula is C25H27NO. The highest BCUT2D eigenvalue weighted by atomic mass is 16.1. The molecule has 138 valence electrons. The molecule has 0 aromatic heterocycles. The third-order valence-corrected chi connectivity index (χ3v) is 4.90. The highest BCUT2D eigenvalue weighted by molar-refractivity contribution is 5.96. The summed E-state index contributed by atoms with van der Waals surface area (Å²) in [5.41, 5.74) is 4.38. The second kappa shape index (κ2) is 9.29. The van der Waals surface area contributed by atoms with E-state index in [-0.39, 0.29) is 5.78 Å². The fourth-order valence-corrected chi connectivity index (χ4v) is 3.21. The van der Waals surface area contributed by atoms with Gasteiger partial charge in [-0.3, -0.25) is 9.69 Å². The number of benzene rings is 3. The van der Waals surface area contributed by atoms with Crippen LogP contribution >= 0.6 is 0 Å². The molecule has 0 unspecified atom stereocenters. The second-order valence-corrected chi connectivity index (χ2v) is 7.17. The van der Waals surface area contributed by atoms with E-state index in [1.807, 2.05) is 48.5 Å². The van der Waals surface area contributed by atoms with Gasteiger partial charge < -0.3 is 0 Å². The van der Waals surface area contributed by atoms with Crippen LogP contribution in [-0.4, -0.2) is 23.3 Å². The Morgan fingerprint density at radius 3 is 1.93 bits per heavy atom. The van der Waals surface area contributed by atoms with Crippen LogP contribution in [0, 0.1) is 0 Å². The van der Waals surface area contributed by atoms with Crippen LogP contribution in [0.1, 0.15) is 36.2 Å². The molecule has 27 heavy (non-hydrogen) atoms. The van der Waals surface area contributed by atoms with Crippen molar-refractivity contribution in [1.29, 1.82) is 0 Å². The van der Waals surface area contributed by atoms with E-state index in [9.17, 15) is 4.79 Å². The first kappa shape index (κ1) is 19.1. The van der Waals surface area contributed by atoms with Crippen LogP contribution < -0.4 is 0 Å². The van der Waals surface area contributed by atoms with Crippen molar-refractivity contribution in [2.45, 2.75) is 32.9 Å². The van der Waals surface area contributed by atoms with Gasteiger partial charge >= 0.3 is 0 Å². The third kappa shape index (κ3) is 5.38. The minimum Gasteiger partial charge on any atom is -0.296 e. The van der Waals surface area contributed by atoms with Gasteiger partial charge in [-0.2, -0.15) is 0 Å². The maximum absolute atomic E-state index is 12.6. The predicted molar refractivity (Wildman–Crippen MR) is 113 cm³/mol. The van der Waals surface area contributed by atoms with Crippen molar-refractivity contribution in [2.24, 2.45) is 0 Å². The molecule has 0 radical (unpaired) electrons. The standard InChI is InChI=1S/C25H27NO/c1-20(2)26(19-21-9-5-3-6-10-21)18-17-25(27)24-15-13-23(14-16-24)22-11-7-4-8-12-22/h3-16,20H,17-19H2,1-2H3. The first-order chi connectivity index (χ1) is 13.1. The van der Waals surface area contributed by atoms with E-state index in [4.69, 9.17) is 0 Å².